The molecule has 0 aliphatic heterocycles. The van der Waals surface area contributed by atoms with Crippen LogP contribution in [0, 0.1) is 0 Å². The normalized spacial score (nSPS) is 10.8. The fourth-order valence-electron chi connectivity index (χ4n) is 1.52. The first-order valence-corrected chi connectivity index (χ1v) is 6.56. The average Bonchev–Trinajstić information content (AvgIpc) is 2.85. The van der Waals surface area contributed by atoms with Gasteiger partial charge in [-0.2, -0.15) is 0 Å². The van der Waals surface area contributed by atoms with Crippen LogP contribution in [-0.4, -0.2) is 17.4 Å². The number of hydrogen-bond donors (Lipinski definition) is 1. The lowest BCUT2D eigenvalue weighted by Crippen LogP contribution is -1.84. The molecule has 1 heterocycles. The van der Waals surface area contributed by atoms with Crippen molar-refractivity contribution >= 4 is 11.8 Å². The Hall–Kier alpha value is -1.30. The number of benzene rings is 1. The molecule has 0 saturated carbocycles. The molecule has 0 unspecified atom stereocenters. The van der Waals surface area contributed by atoms with Gasteiger partial charge in [0.2, 0.25) is 0 Å². The topological polar surface area (TPSA) is 55.5 Å². The second-order valence-corrected chi connectivity index (χ2v) is 4.86. The number of aliphatic hydroxyl groups excluding tert-OH is 1. The summed E-state index contributed by atoms with van der Waals surface area (Å²) in [6.07, 6.45) is 0. The Morgan fingerprint density at radius 3 is 3.06 bits per heavy atom. The molecule has 0 spiro atoms. The lowest BCUT2D eigenvalue weighted by molar-refractivity contribution is 0.156. The highest BCUT2D eigenvalue weighted by molar-refractivity contribution is 7.98. The number of ether oxygens (including phenoxy) is 1. The van der Waals surface area contributed by atoms with Crippen LogP contribution in [0.4, 0.5) is 0 Å². The van der Waals surface area contributed by atoms with Crippen molar-refractivity contribution in [2.45, 2.75) is 23.9 Å². The molecule has 1 aromatic heterocycles. The third kappa shape index (κ3) is 3.60. The van der Waals surface area contributed by atoms with Crippen LogP contribution in [0.25, 0.3) is 0 Å². The summed E-state index contributed by atoms with van der Waals surface area (Å²) in [6.45, 7) is 0.508. The molecule has 96 valence electrons. The Kier molecular flexibility index (Phi) is 4.81. The highest BCUT2D eigenvalue weighted by atomic mass is 32.2. The second kappa shape index (κ2) is 6.58. The van der Waals surface area contributed by atoms with E-state index in [1.54, 1.807) is 18.9 Å². The van der Waals surface area contributed by atoms with E-state index in [2.05, 4.69) is 5.16 Å². The quantitative estimate of drug-likeness (QED) is 0.814. The summed E-state index contributed by atoms with van der Waals surface area (Å²) >= 11 is 1.66. The maximum absolute atomic E-state index is 9.06. The Labute approximate surface area is 110 Å². The fraction of sp³-hybridized carbons (Fsp3) is 0.308. The monoisotopic (exact) mass is 265 g/mol. The Morgan fingerprint density at radius 1 is 1.39 bits per heavy atom. The van der Waals surface area contributed by atoms with E-state index in [1.165, 1.54) is 0 Å². The van der Waals surface area contributed by atoms with Crippen LogP contribution in [0.5, 0.6) is 0 Å². The van der Waals surface area contributed by atoms with Gasteiger partial charge in [-0.1, -0.05) is 17.3 Å². The number of nitrogens with zero attached hydrogens (tertiary/aromatic N) is 1. The Balaban J connectivity index is 1.93. The van der Waals surface area contributed by atoms with Crippen molar-refractivity contribution in [1.29, 1.82) is 0 Å². The Bertz CT molecular complexity index is 498. The van der Waals surface area contributed by atoms with E-state index < -0.39 is 0 Å². The van der Waals surface area contributed by atoms with Gasteiger partial charge in [0.05, 0.1) is 12.3 Å². The van der Waals surface area contributed by atoms with Gasteiger partial charge in [-0.3, -0.25) is 0 Å². The van der Waals surface area contributed by atoms with Crippen LogP contribution >= 0.6 is 11.8 Å². The zero-order valence-corrected chi connectivity index (χ0v) is 10.9. The van der Waals surface area contributed by atoms with Crippen molar-refractivity contribution in [2.24, 2.45) is 0 Å². The van der Waals surface area contributed by atoms with E-state index in [-0.39, 0.29) is 6.61 Å². The van der Waals surface area contributed by atoms with E-state index >= 15 is 0 Å². The van der Waals surface area contributed by atoms with Crippen LogP contribution in [0.1, 0.15) is 17.0 Å². The van der Waals surface area contributed by atoms with Gasteiger partial charge in [0.25, 0.3) is 0 Å². The van der Waals surface area contributed by atoms with Crippen molar-refractivity contribution < 1.29 is 14.4 Å². The molecule has 0 amide bonds. The number of rotatable bonds is 6. The smallest absolute Gasteiger partial charge is 0.162 e. The lowest BCUT2D eigenvalue weighted by atomic mass is 10.2. The second-order valence-electron chi connectivity index (χ2n) is 3.81. The third-order valence-electron chi connectivity index (χ3n) is 2.36. The summed E-state index contributed by atoms with van der Waals surface area (Å²) < 4.78 is 10.1. The molecule has 0 radical (unpaired) electrons. The summed E-state index contributed by atoms with van der Waals surface area (Å²) in [6, 6.07) is 9.72. The predicted molar refractivity (Wildman–Crippen MR) is 69.1 cm³/mol. The number of aliphatic hydroxyl groups is 1. The van der Waals surface area contributed by atoms with Gasteiger partial charge in [0.15, 0.2) is 5.76 Å². The van der Waals surface area contributed by atoms with Gasteiger partial charge in [0.1, 0.15) is 6.61 Å². The van der Waals surface area contributed by atoms with Gasteiger partial charge in [-0.15, -0.1) is 11.8 Å². The van der Waals surface area contributed by atoms with Crippen molar-refractivity contribution in [1.82, 2.24) is 5.16 Å². The number of hydrogen-bond acceptors (Lipinski definition) is 5. The number of thioether (sulfide) groups is 1. The zero-order chi connectivity index (χ0) is 12.8. The molecular formula is C13H15NO3S. The molecule has 2 aromatic rings. The minimum absolute atomic E-state index is 0.0658. The van der Waals surface area contributed by atoms with Gasteiger partial charge in [0, 0.05) is 23.8 Å². The van der Waals surface area contributed by atoms with E-state index in [9.17, 15) is 0 Å². The fourth-order valence-corrected chi connectivity index (χ4v) is 2.39. The molecule has 18 heavy (non-hydrogen) atoms. The van der Waals surface area contributed by atoms with Crippen molar-refractivity contribution in [3.63, 3.8) is 0 Å². The first-order chi connectivity index (χ1) is 8.81. The highest BCUT2D eigenvalue weighted by Crippen LogP contribution is 2.23. The van der Waals surface area contributed by atoms with Crippen LogP contribution in [-0.2, 0) is 23.7 Å². The van der Waals surface area contributed by atoms with Crippen LogP contribution in [0.15, 0.2) is 39.8 Å². The minimum atomic E-state index is 0.0658. The van der Waals surface area contributed by atoms with Gasteiger partial charge < -0.3 is 14.4 Å². The summed E-state index contributed by atoms with van der Waals surface area (Å²) in [5.74, 6) is 1.47. The van der Waals surface area contributed by atoms with E-state index in [0.29, 0.717) is 6.61 Å². The SMILES string of the molecule is COCc1cc(CSc2cccc(CO)c2)no1. The highest BCUT2D eigenvalue weighted by Gasteiger charge is 2.04. The molecule has 0 atom stereocenters. The number of aromatic nitrogens is 1. The van der Waals surface area contributed by atoms with Crippen LogP contribution in [0.3, 0.4) is 0 Å². The van der Waals surface area contributed by atoms with Crippen molar-refractivity contribution in [3.05, 3.63) is 47.3 Å². The van der Waals surface area contributed by atoms with Gasteiger partial charge >= 0.3 is 0 Å². The van der Waals surface area contributed by atoms with Crippen LogP contribution in [0.2, 0.25) is 0 Å². The summed E-state index contributed by atoms with van der Waals surface area (Å²) in [7, 11) is 1.62. The first kappa shape index (κ1) is 13.1. The molecule has 5 heteroatoms. The maximum Gasteiger partial charge on any atom is 0.162 e. The third-order valence-corrected chi connectivity index (χ3v) is 3.39. The molecule has 2 rings (SSSR count). The van der Waals surface area contributed by atoms with Gasteiger partial charge in [-0.05, 0) is 17.7 Å². The molecule has 1 aromatic carbocycles. The van der Waals surface area contributed by atoms with E-state index in [0.717, 1.165) is 27.7 Å². The Morgan fingerprint density at radius 2 is 2.28 bits per heavy atom. The minimum Gasteiger partial charge on any atom is -0.392 e. The number of methoxy groups -OCH3 is 1. The molecular weight excluding hydrogens is 250 g/mol. The van der Waals surface area contributed by atoms with Crippen LogP contribution < -0.4 is 0 Å². The molecule has 0 bridgehead atoms. The molecule has 1 N–H and O–H groups in total. The summed E-state index contributed by atoms with van der Waals surface area (Å²) in [5.41, 5.74) is 1.81. The van der Waals surface area contributed by atoms with E-state index in [1.807, 2.05) is 30.3 Å². The average molecular weight is 265 g/mol. The predicted octanol–water partition coefficient (Wildman–Crippen LogP) is 2.61. The molecule has 0 fully saturated rings. The largest absolute Gasteiger partial charge is 0.392 e. The van der Waals surface area contributed by atoms with Crippen molar-refractivity contribution in [3.8, 4) is 0 Å². The van der Waals surface area contributed by atoms with Crippen molar-refractivity contribution in [2.75, 3.05) is 7.11 Å². The lowest BCUT2D eigenvalue weighted by Gasteiger charge is -2.01. The zero-order valence-electron chi connectivity index (χ0n) is 10.1. The summed E-state index contributed by atoms with van der Waals surface area (Å²) in [5, 5.41) is 13.0. The standard InChI is InChI=1S/C13H15NO3S/c1-16-8-12-6-11(14-17-12)9-18-13-4-2-3-10(5-13)7-15/h2-6,15H,7-9H2,1H3. The molecule has 0 aliphatic carbocycles. The first-order valence-electron chi connectivity index (χ1n) is 5.58. The van der Waals surface area contributed by atoms with Gasteiger partial charge in [-0.25, -0.2) is 0 Å². The molecule has 0 aliphatic rings. The summed E-state index contributed by atoms with van der Waals surface area (Å²) in [4.78, 5) is 1.11. The van der Waals surface area contributed by atoms with E-state index in [4.69, 9.17) is 14.4 Å². The maximum atomic E-state index is 9.06. The molecule has 4 nitrogen and oxygen atoms in total. The molecule has 0 saturated heterocycles.